The fraction of sp³-hybridized carbons (Fsp3) is 0.100. The topological polar surface area (TPSA) is 73.1 Å². The lowest BCUT2D eigenvalue weighted by Crippen LogP contribution is -2.24. The van der Waals surface area contributed by atoms with Gasteiger partial charge in [0.05, 0.1) is 18.3 Å². The highest BCUT2D eigenvalue weighted by Crippen LogP contribution is 2.31. The summed E-state index contributed by atoms with van der Waals surface area (Å²) in [5.41, 5.74) is 3.08. The number of furan rings is 1. The number of benzene rings is 2. The molecular weight excluding hydrogens is 483 g/mol. The largest absolute Gasteiger partial charge is 0.493 e. The number of hydrogen-bond acceptors (Lipinski definition) is 5. The zero-order valence-corrected chi connectivity index (χ0v) is 18.2. The van der Waals surface area contributed by atoms with Gasteiger partial charge in [0.1, 0.15) is 11.5 Å². The van der Waals surface area contributed by atoms with Crippen LogP contribution in [0, 0.1) is 0 Å². The van der Waals surface area contributed by atoms with E-state index in [2.05, 4.69) is 26.5 Å². The van der Waals surface area contributed by atoms with Gasteiger partial charge in [-0.1, -0.05) is 39.1 Å². The zero-order chi connectivity index (χ0) is 20.8. The standard InChI is InChI=1S/C20H15BrCl2N2O4/c1-27-19-8-12(21)2-6-18(19)28-11-20(26)25-24-10-14-4-7-17(29-14)15-5-3-13(22)9-16(15)23/h2-10H,11H2,1H3,(H,25,26). The molecule has 150 valence electrons. The van der Waals surface area contributed by atoms with Crippen LogP contribution in [-0.4, -0.2) is 25.8 Å². The molecule has 0 spiro atoms. The van der Waals surface area contributed by atoms with Crippen LogP contribution in [0.15, 0.2) is 62.5 Å². The molecule has 0 fully saturated rings. The van der Waals surface area contributed by atoms with E-state index < -0.39 is 5.91 Å². The van der Waals surface area contributed by atoms with Gasteiger partial charge < -0.3 is 13.9 Å². The molecule has 6 nitrogen and oxygen atoms in total. The first kappa shape index (κ1) is 21.2. The van der Waals surface area contributed by atoms with E-state index in [1.165, 1.54) is 13.3 Å². The van der Waals surface area contributed by atoms with Crippen LogP contribution in [0.2, 0.25) is 10.0 Å². The van der Waals surface area contributed by atoms with Gasteiger partial charge in [0.15, 0.2) is 18.1 Å². The van der Waals surface area contributed by atoms with E-state index in [-0.39, 0.29) is 6.61 Å². The molecule has 0 saturated carbocycles. The van der Waals surface area contributed by atoms with Crippen molar-refractivity contribution in [3.05, 3.63) is 68.8 Å². The summed E-state index contributed by atoms with van der Waals surface area (Å²) in [6, 6.07) is 13.8. The predicted octanol–water partition coefficient (Wildman–Crippen LogP) is 5.55. The number of carbonyl (C=O) groups excluding carboxylic acids is 1. The molecular formula is C20H15BrCl2N2O4. The van der Waals surface area contributed by atoms with Crippen LogP contribution in [-0.2, 0) is 4.79 Å². The summed E-state index contributed by atoms with van der Waals surface area (Å²) in [5, 5.41) is 4.88. The average Bonchev–Trinajstić information content (AvgIpc) is 3.15. The lowest BCUT2D eigenvalue weighted by Gasteiger charge is -2.09. The van der Waals surface area contributed by atoms with Crippen molar-refractivity contribution in [3.8, 4) is 22.8 Å². The van der Waals surface area contributed by atoms with Gasteiger partial charge in [-0.2, -0.15) is 5.10 Å². The first-order valence-electron chi connectivity index (χ1n) is 8.30. The Labute approximate surface area is 185 Å². The zero-order valence-electron chi connectivity index (χ0n) is 15.1. The molecule has 1 amide bonds. The molecule has 0 bridgehead atoms. The molecule has 1 heterocycles. The van der Waals surface area contributed by atoms with Crippen molar-refractivity contribution in [2.24, 2.45) is 5.10 Å². The van der Waals surface area contributed by atoms with Gasteiger partial charge in [-0.05, 0) is 48.5 Å². The maximum atomic E-state index is 11.9. The van der Waals surface area contributed by atoms with E-state index in [0.717, 1.165) is 4.47 Å². The number of methoxy groups -OCH3 is 1. The fourth-order valence-corrected chi connectivity index (χ4v) is 3.20. The quantitative estimate of drug-likeness (QED) is 0.343. The highest BCUT2D eigenvalue weighted by Gasteiger charge is 2.09. The van der Waals surface area contributed by atoms with Gasteiger partial charge in [-0.25, -0.2) is 5.43 Å². The number of nitrogens with one attached hydrogen (secondary N) is 1. The van der Waals surface area contributed by atoms with Crippen LogP contribution in [0.4, 0.5) is 0 Å². The van der Waals surface area contributed by atoms with Gasteiger partial charge in [0, 0.05) is 15.1 Å². The Morgan fingerprint density at radius 2 is 2.00 bits per heavy atom. The minimum Gasteiger partial charge on any atom is -0.493 e. The number of ether oxygens (including phenoxy) is 2. The average molecular weight is 498 g/mol. The van der Waals surface area contributed by atoms with E-state index in [1.807, 2.05) is 0 Å². The molecule has 0 saturated heterocycles. The lowest BCUT2D eigenvalue weighted by molar-refractivity contribution is -0.123. The maximum absolute atomic E-state index is 11.9. The van der Waals surface area contributed by atoms with E-state index in [0.29, 0.717) is 38.6 Å². The predicted molar refractivity (Wildman–Crippen MR) is 116 cm³/mol. The molecule has 29 heavy (non-hydrogen) atoms. The second-order valence-electron chi connectivity index (χ2n) is 5.70. The Balaban J connectivity index is 1.55. The summed E-state index contributed by atoms with van der Waals surface area (Å²) in [4.78, 5) is 11.9. The van der Waals surface area contributed by atoms with Crippen molar-refractivity contribution in [3.63, 3.8) is 0 Å². The lowest BCUT2D eigenvalue weighted by atomic mass is 10.2. The van der Waals surface area contributed by atoms with E-state index in [4.69, 9.17) is 37.1 Å². The molecule has 0 radical (unpaired) electrons. The molecule has 3 aromatic rings. The number of nitrogens with zero attached hydrogens (tertiary/aromatic N) is 1. The summed E-state index contributed by atoms with van der Waals surface area (Å²) in [6.45, 7) is -0.223. The van der Waals surface area contributed by atoms with Gasteiger partial charge in [-0.15, -0.1) is 0 Å². The van der Waals surface area contributed by atoms with E-state index >= 15 is 0 Å². The number of hydrogen-bond donors (Lipinski definition) is 1. The Kier molecular flexibility index (Phi) is 7.19. The first-order chi connectivity index (χ1) is 14.0. The van der Waals surface area contributed by atoms with Crippen LogP contribution in [0.5, 0.6) is 11.5 Å². The van der Waals surface area contributed by atoms with Crippen molar-refractivity contribution in [1.82, 2.24) is 5.43 Å². The molecule has 0 aliphatic rings. The van der Waals surface area contributed by atoms with Crippen molar-refractivity contribution < 1.29 is 18.7 Å². The van der Waals surface area contributed by atoms with Gasteiger partial charge >= 0.3 is 0 Å². The SMILES string of the molecule is COc1cc(Br)ccc1OCC(=O)NN=Cc1ccc(-c2ccc(Cl)cc2Cl)o1. The van der Waals surface area contributed by atoms with Crippen LogP contribution < -0.4 is 14.9 Å². The summed E-state index contributed by atoms with van der Waals surface area (Å²) >= 11 is 15.4. The number of hydrazone groups is 1. The molecule has 3 rings (SSSR count). The van der Waals surface area contributed by atoms with Crippen molar-refractivity contribution >= 4 is 51.3 Å². The monoisotopic (exact) mass is 496 g/mol. The number of rotatable bonds is 7. The van der Waals surface area contributed by atoms with Crippen molar-refractivity contribution in [1.29, 1.82) is 0 Å². The van der Waals surface area contributed by atoms with Crippen LogP contribution >= 0.6 is 39.1 Å². The molecule has 2 aromatic carbocycles. The molecule has 0 aliphatic heterocycles. The van der Waals surface area contributed by atoms with Gasteiger partial charge in [0.25, 0.3) is 5.91 Å². The molecule has 0 aliphatic carbocycles. The highest BCUT2D eigenvalue weighted by atomic mass is 79.9. The Hall–Kier alpha value is -2.48. The normalized spacial score (nSPS) is 10.9. The number of halogens is 3. The van der Waals surface area contributed by atoms with Gasteiger partial charge in [-0.3, -0.25) is 4.79 Å². The van der Waals surface area contributed by atoms with Crippen LogP contribution in [0.1, 0.15) is 5.76 Å². The van der Waals surface area contributed by atoms with Crippen molar-refractivity contribution in [2.75, 3.05) is 13.7 Å². The second kappa shape index (κ2) is 9.82. The Morgan fingerprint density at radius 1 is 1.17 bits per heavy atom. The molecule has 0 atom stereocenters. The summed E-state index contributed by atoms with van der Waals surface area (Å²) in [5.74, 6) is 1.54. The second-order valence-corrected chi connectivity index (χ2v) is 7.46. The van der Waals surface area contributed by atoms with Crippen LogP contribution in [0.3, 0.4) is 0 Å². The van der Waals surface area contributed by atoms with Crippen LogP contribution in [0.25, 0.3) is 11.3 Å². The maximum Gasteiger partial charge on any atom is 0.277 e. The Bertz CT molecular complexity index is 1050. The minimum absolute atomic E-state index is 0.223. The third-order valence-electron chi connectivity index (χ3n) is 3.69. The third kappa shape index (κ3) is 5.76. The Morgan fingerprint density at radius 3 is 2.76 bits per heavy atom. The number of carbonyl (C=O) groups is 1. The summed E-state index contributed by atoms with van der Waals surface area (Å²) < 4.78 is 17.2. The van der Waals surface area contributed by atoms with E-state index in [9.17, 15) is 4.79 Å². The number of amides is 1. The third-order valence-corrected chi connectivity index (χ3v) is 4.73. The van der Waals surface area contributed by atoms with Gasteiger partial charge in [0.2, 0.25) is 0 Å². The minimum atomic E-state index is -0.432. The smallest absolute Gasteiger partial charge is 0.277 e. The molecule has 1 N–H and O–H groups in total. The highest BCUT2D eigenvalue weighted by molar-refractivity contribution is 9.10. The molecule has 0 unspecified atom stereocenters. The van der Waals surface area contributed by atoms with E-state index in [1.54, 1.807) is 48.5 Å². The molecule has 9 heteroatoms. The first-order valence-corrected chi connectivity index (χ1v) is 9.84. The van der Waals surface area contributed by atoms with Crippen molar-refractivity contribution in [2.45, 2.75) is 0 Å². The molecule has 1 aromatic heterocycles. The fourth-order valence-electron chi connectivity index (χ4n) is 2.36. The summed E-state index contributed by atoms with van der Waals surface area (Å²) in [6.07, 6.45) is 1.38. The summed E-state index contributed by atoms with van der Waals surface area (Å²) in [7, 11) is 1.52.